The van der Waals surface area contributed by atoms with E-state index in [0.717, 1.165) is 128 Å². The molecule has 6 nitrogen and oxygen atoms in total. The van der Waals surface area contributed by atoms with E-state index in [2.05, 4.69) is 154 Å². The molecule has 80 heavy (non-hydrogen) atoms. The molecule has 0 heterocycles. The third-order valence-electron chi connectivity index (χ3n) is 13.9. The monoisotopic (exact) mass is 1110 g/mol. The van der Waals surface area contributed by atoms with Crippen LogP contribution < -0.4 is 0 Å². The van der Waals surface area contributed by atoms with Gasteiger partial charge in [-0.2, -0.15) is 0 Å². The Balaban J connectivity index is 4.24. The lowest BCUT2D eigenvalue weighted by atomic mass is 10.0. The summed E-state index contributed by atoms with van der Waals surface area (Å²) in [5.74, 6) is -0.946. The van der Waals surface area contributed by atoms with Crippen LogP contribution in [0.2, 0.25) is 0 Å². The molecule has 0 N–H and O–H groups in total. The van der Waals surface area contributed by atoms with Crippen molar-refractivity contribution in [1.82, 2.24) is 0 Å². The van der Waals surface area contributed by atoms with Crippen molar-refractivity contribution >= 4 is 17.9 Å². The molecule has 0 aromatic heterocycles. The summed E-state index contributed by atoms with van der Waals surface area (Å²) in [6, 6.07) is 0. The maximum atomic E-state index is 12.9. The molecular weight excluding hydrogens is 985 g/mol. The van der Waals surface area contributed by atoms with Gasteiger partial charge in [0.25, 0.3) is 0 Å². The summed E-state index contributed by atoms with van der Waals surface area (Å²) in [6.45, 7) is 6.37. The normalized spacial score (nSPS) is 13.0. The zero-order valence-corrected chi connectivity index (χ0v) is 52.0. The lowest BCUT2D eigenvalue weighted by molar-refractivity contribution is -0.167. The first-order valence-electron chi connectivity index (χ1n) is 33.2. The lowest BCUT2D eigenvalue weighted by Gasteiger charge is -2.18. The number of hydrogen-bond donors (Lipinski definition) is 0. The maximum absolute atomic E-state index is 12.9. The predicted octanol–water partition coefficient (Wildman–Crippen LogP) is 22.9. The van der Waals surface area contributed by atoms with Crippen molar-refractivity contribution in [1.29, 1.82) is 0 Å². The molecule has 0 saturated heterocycles. The number of carbonyl (C=O) groups excluding carboxylic acids is 3. The van der Waals surface area contributed by atoms with Gasteiger partial charge in [0.1, 0.15) is 13.2 Å². The van der Waals surface area contributed by atoms with E-state index in [4.69, 9.17) is 14.2 Å². The van der Waals surface area contributed by atoms with Gasteiger partial charge >= 0.3 is 17.9 Å². The number of allylic oxidation sites excluding steroid dienone is 22. The van der Waals surface area contributed by atoms with Crippen LogP contribution in [0.4, 0.5) is 0 Å². The Morgan fingerprint density at radius 1 is 0.263 bits per heavy atom. The summed E-state index contributed by atoms with van der Waals surface area (Å²) in [5.41, 5.74) is 0. The second-order valence-corrected chi connectivity index (χ2v) is 21.6. The summed E-state index contributed by atoms with van der Waals surface area (Å²) in [6.07, 6.45) is 94.8. The van der Waals surface area contributed by atoms with Crippen LogP contribution in [0.1, 0.15) is 297 Å². The van der Waals surface area contributed by atoms with Crippen molar-refractivity contribution in [2.45, 2.75) is 303 Å². The van der Waals surface area contributed by atoms with Gasteiger partial charge < -0.3 is 14.2 Å². The second-order valence-electron chi connectivity index (χ2n) is 21.6. The molecule has 454 valence electrons. The van der Waals surface area contributed by atoms with E-state index in [0.29, 0.717) is 19.3 Å². The minimum atomic E-state index is -0.807. The van der Waals surface area contributed by atoms with Crippen LogP contribution in [-0.4, -0.2) is 37.2 Å². The maximum Gasteiger partial charge on any atom is 0.306 e. The van der Waals surface area contributed by atoms with Crippen molar-refractivity contribution < 1.29 is 28.6 Å². The lowest BCUT2D eigenvalue weighted by Crippen LogP contribution is -2.30. The van der Waals surface area contributed by atoms with E-state index in [-0.39, 0.29) is 37.5 Å². The first-order valence-corrected chi connectivity index (χ1v) is 33.2. The van der Waals surface area contributed by atoms with Gasteiger partial charge in [0.15, 0.2) is 6.10 Å². The van der Waals surface area contributed by atoms with Gasteiger partial charge in [-0.15, -0.1) is 0 Å². The molecule has 0 rings (SSSR count). The van der Waals surface area contributed by atoms with Gasteiger partial charge in [-0.05, 0) is 135 Å². The Labute approximate surface area is 494 Å². The van der Waals surface area contributed by atoms with E-state index in [1.165, 1.54) is 122 Å². The number of esters is 3. The first kappa shape index (κ1) is 75.5. The van der Waals surface area contributed by atoms with Crippen LogP contribution in [-0.2, 0) is 28.6 Å². The SMILES string of the molecule is CC/C=C\C/C=C\C/C=C\C/C=C\C/C=C\C/C=C\CCCCCCCCCCCCCCCCC(=O)OCC(COC(=O)CCCCCCC/C=C\CCCCCCC)OC(=O)CCCC/C=C\C/C=C\C/C=C\C/C=C\CC. The van der Waals surface area contributed by atoms with E-state index < -0.39 is 6.10 Å². The minimum absolute atomic E-state index is 0.0990. The number of unbranched alkanes of at least 4 members (excludes halogenated alkanes) is 26. The van der Waals surface area contributed by atoms with Crippen LogP contribution in [0.3, 0.4) is 0 Å². The number of ether oxygens (including phenoxy) is 3. The molecular formula is C74H122O6. The van der Waals surface area contributed by atoms with E-state index in [1.54, 1.807) is 0 Å². The zero-order valence-electron chi connectivity index (χ0n) is 52.0. The van der Waals surface area contributed by atoms with Gasteiger partial charge in [-0.3, -0.25) is 14.4 Å². The predicted molar refractivity (Wildman–Crippen MR) is 348 cm³/mol. The van der Waals surface area contributed by atoms with E-state index >= 15 is 0 Å². The largest absolute Gasteiger partial charge is 0.462 e. The number of hydrogen-bond acceptors (Lipinski definition) is 6. The molecule has 0 aliphatic heterocycles. The van der Waals surface area contributed by atoms with Crippen LogP contribution in [0.25, 0.3) is 0 Å². The Morgan fingerprint density at radius 3 is 0.800 bits per heavy atom. The quantitative estimate of drug-likeness (QED) is 0.0261. The molecule has 0 saturated carbocycles. The Morgan fingerprint density at radius 2 is 0.487 bits per heavy atom. The smallest absolute Gasteiger partial charge is 0.306 e. The molecule has 0 spiro atoms. The standard InChI is InChI=1S/C74H122O6/c1-4-7-10-13-16-19-22-25-28-29-30-31-32-33-34-35-36-37-38-39-40-41-42-43-44-45-47-49-52-55-58-61-64-67-73(76)79-70-71(69-78-72(75)66-63-60-57-54-51-48-27-24-21-18-15-12-9-6-3)80-74(77)68-65-62-59-56-53-50-46-26-23-20-17-14-11-8-5-2/h7-8,10-11,16-17,19-20,24-28,30-31,33-34,36-37,46,53,56,71H,4-6,9,12-15,18,21-23,29,32,35,38-45,47-52,54-55,57-70H2,1-3H3/b10-7-,11-8-,19-16-,20-17-,27-24-,28-25-,31-30-,34-33-,37-36-,46-26-,56-53-. The van der Waals surface area contributed by atoms with Crippen LogP contribution in [0.15, 0.2) is 134 Å². The molecule has 0 aromatic rings. The Kier molecular flexibility index (Phi) is 63.3. The average molecular weight is 1110 g/mol. The van der Waals surface area contributed by atoms with Crippen LogP contribution in [0, 0.1) is 0 Å². The highest BCUT2D eigenvalue weighted by Crippen LogP contribution is 2.16. The van der Waals surface area contributed by atoms with Crippen molar-refractivity contribution in [2.75, 3.05) is 13.2 Å². The molecule has 0 aromatic carbocycles. The molecule has 0 fully saturated rings. The molecule has 0 bridgehead atoms. The molecule has 0 aliphatic carbocycles. The molecule has 1 atom stereocenters. The van der Waals surface area contributed by atoms with Crippen molar-refractivity contribution in [3.05, 3.63) is 134 Å². The Hall–Kier alpha value is -4.45. The van der Waals surface area contributed by atoms with Gasteiger partial charge in [0.05, 0.1) is 0 Å². The summed E-state index contributed by atoms with van der Waals surface area (Å²) < 4.78 is 16.9. The summed E-state index contributed by atoms with van der Waals surface area (Å²) in [4.78, 5) is 38.3. The van der Waals surface area contributed by atoms with Crippen molar-refractivity contribution in [3.8, 4) is 0 Å². The summed E-state index contributed by atoms with van der Waals surface area (Å²) >= 11 is 0. The molecule has 1 unspecified atom stereocenters. The number of rotatable bonds is 59. The van der Waals surface area contributed by atoms with E-state index in [9.17, 15) is 14.4 Å². The Bertz CT molecular complexity index is 1700. The minimum Gasteiger partial charge on any atom is -0.462 e. The first-order chi connectivity index (χ1) is 39.5. The van der Waals surface area contributed by atoms with E-state index in [1.807, 2.05) is 0 Å². The average Bonchev–Trinajstić information content (AvgIpc) is 3.46. The fourth-order valence-electron chi connectivity index (χ4n) is 8.96. The molecule has 0 radical (unpaired) electrons. The van der Waals surface area contributed by atoms with Crippen molar-refractivity contribution in [3.63, 3.8) is 0 Å². The second kappa shape index (κ2) is 67.1. The third kappa shape index (κ3) is 64.4. The van der Waals surface area contributed by atoms with Crippen LogP contribution >= 0.6 is 0 Å². The topological polar surface area (TPSA) is 78.9 Å². The fraction of sp³-hybridized carbons (Fsp3) is 0.662. The van der Waals surface area contributed by atoms with Crippen LogP contribution in [0.5, 0.6) is 0 Å². The van der Waals surface area contributed by atoms with Gasteiger partial charge in [-0.25, -0.2) is 0 Å². The van der Waals surface area contributed by atoms with Gasteiger partial charge in [0.2, 0.25) is 0 Å². The summed E-state index contributed by atoms with van der Waals surface area (Å²) in [7, 11) is 0. The third-order valence-corrected chi connectivity index (χ3v) is 13.9. The fourth-order valence-corrected chi connectivity index (χ4v) is 8.96. The van der Waals surface area contributed by atoms with Gasteiger partial charge in [0, 0.05) is 19.3 Å². The highest BCUT2D eigenvalue weighted by atomic mass is 16.6. The van der Waals surface area contributed by atoms with Gasteiger partial charge in [-0.1, -0.05) is 276 Å². The summed E-state index contributed by atoms with van der Waals surface area (Å²) in [5, 5.41) is 0. The highest BCUT2D eigenvalue weighted by molar-refractivity contribution is 5.71. The highest BCUT2D eigenvalue weighted by Gasteiger charge is 2.19. The molecule has 6 heteroatoms. The molecule has 0 aliphatic rings. The zero-order chi connectivity index (χ0) is 57.8. The number of carbonyl (C=O) groups is 3. The molecule has 0 amide bonds. The van der Waals surface area contributed by atoms with Crippen molar-refractivity contribution in [2.24, 2.45) is 0 Å².